The van der Waals surface area contributed by atoms with Crippen LogP contribution in [0.25, 0.3) is 11.0 Å². The molecule has 1 N–H and O–H groups in total. The lowest BCUT2D eigenvalue weighted by atomic mass is 10.3. The van der Waals surface area contributed by atoms with Gasteiger partial charge in [0.2, 0.25) is 5.91 Å². The number of hydrogen-bond acceptors (Lipinski definition) is 2. The van der Waals surface area contributed by atoms with Gasteiger partial charge in [-0.05, 0) is 38.0 Å². The van der Waals surface area contributed by atoms with Crippen molar-refractivity contribution < 1.29 is 4.79 Å². The lowest BCUT2D eigenvalue weighted by Gasteiger charge is -2.10. The predicted molar refractivity (Wildman–Crippen MR) is 84.8 cm³/mol. The SMILES string of the molecule is CC(Cl)c1nc2ccc(Cl)cc2n1CCC(=O)NC1CC1. The highest BCUT2D eigenvalue weighted by Crippen LogP contribution is 2.27. The number of aryl methyl sites for hydroxylation is 1. The Morgan fingerprint density at radius 2 is 2.29 bits per heavy atom. The largest absolute Gasteiger partial charge is 0.353 e. The zero-order valence-electron chi connectivity index (χ0n) is 11.8. The Hall–Kier alpha value is -1.26. The molecule has 1 aromatic heterocycles. The Kier molecular flexibility index (Phi) is 4.09. The van der Waals surface area contributed by atoms with E-state index in [-0.39, 0.29) is 11.3 Å². The first-order valence-corrected chi connectivity index (χ1v) is 7.95. The van der Waals surface area contributed by atoms with Crippen molar-refractivity contribution in [1.82, 2.24) is 14.9 Å². The van der Waals surface area contributed by atoms with E-state index in [1.165, 1.54) is 0 Å². The quantitative estimate of drug-likeness (QED) is 0.853. The highest BCUT2D eigenvalue weighted by atomic mass is 35.5. The van der Waals surface area contributed by atoms with E-state index in [1.54, 1.807) is 0 Å². The van der Waals surface area contributed by atoms with Gasteiger partial charge < -0.3 is 9.88 Å². The highest BCUT2D eigenvalue weighted by Gasteiger charge is 2.23. The number of fused-ring (bicyclic) bond motifs is 1. The molecule has 1 heterocycles. The molecule has 4 nitrogen and oxygen atoms in total. The van der Waals surface area contributed by atoms with Crippen molar-refractivity contribution >= 4 is 40.1 Å². The summed E-state index contributed by atoms with van der Waals surface area (Å²) < 4.78 is 1.99. The van der Waals surface area contributed by atoms with Gasteiger partial charge in [-0.25, -0.2) is 4.98 Å². The number of aromatic nitrogens is 2. The van der Waals surface area contributed by atoms with E-state index in [2.05, 4.69) is 10.3 Å². The van der Waals surface area contributed by atoms with Gasteiger partial charge in [-0.2, -0.15) is 0 Å². The minimum Gasteiger partial charge on any atom is -0.353 e. The third-order valence-electron chi connectivity index (χ3n) is 3.60. The van der Waals surface area contributed by atoms with Gasteiger partial charge in [-0.3, -0.25) is 4.79 Å². The number of nitrogens with one attached hydrogen (secondary N) is 1. The van der Waals surface area contributed by atoms with Crippen LogP contribution in [-0.4, -0.2) is 21.5 Å². The lowest BCUT2D eigenvalue weighted by molar-refractivity contribution is -0.121. The molecule has 112 valence electrons. The van der Waals surface area contributed by atoms with Crippen LogP contribution >= 0.6 is 23.2 Å². The summed E-state index contributed by atoms with van der Waals surface area (Å²) in [5, 5.41) is 3.43. The zero-order valence-corrected chi connectivity index (χ0v) is 13.3. The van der Waals surface area contributed by atoms with Crippen molar-refractivity contribution in [2.24, 2.45) is 0 Å². The number of carbonyl (C=O) groups is 1. The van der Waals surface area contributed by atoms with E-state index in [0.717, 1.165) is 29.7 Å². The van der Waals surface area contributed by atoms with E-state index >= 15 is 0 Å². The summed E-state index contributed by atoms with van der Waals surface area (Å²) >= 11 is 12.3. The average molecular weight is 326 g/mol. The number of rotatable bonds is 5. The first-order chi connectivity index (χ1) is 10.0. The van der Waals surface area contributed by atoms with Gasteiger partial charge in [0.25, 0.3) is 0 Å². The van der Waals surface area contributed by atoms with Gasteiger partial charge in [-0.15, -0.1) is 11.6 Å². The number of nitrogens with zero attached hydrogens (tertiary/aromatic N) is 2. The van der Waals surface area contributed by atoms with E-state index in [0.29, 0.717) is 24.0 Å². The molecule has 1 aromatic carbocycles. The lowest BCUT2D eigenvalue weighted by Crippen LogP contribution is -2.26. The number of amides is 1. The maximum absolute atomic E-state index is 11.9. The number of imidazole rings is 1. The first-order valence-electron chi connectivity index (χ1n) is 7.13. The molecule has 2 aromatic rings. The third-order valence-corrected chi connectivity index (χ3v) is 4.03. The topological polar surface area (TPSA) is 46.9 Å². The van der Waals surface area contributed by atoms with Gasteiger partial charge in [0.1, 0.15) is 5.82 Å². The second-order valence-corrected chi connectivity index (χ2v) is 6.55. The smallest absolute Gasteiger partial charge is 0.222 e. The maximum atomic E-state index is 11.9. The summed E-state index contributed by atoms with van der Waals surface area (Å²) in [5.41, 5.74) is 1.77. The number of halogens is 2. The Morgan fingerprint density at radius 3 is 2.95 bits per heavy atom. The second kappa shape index (κ2) is 5.85. The maximum Gasteiger partial charge on any atom is 0.222 e. The van der Waals surface area contributed by atoms with Crippen molar-refractivity contribution in [3.05, 3.63) is 29.0 Å². The van der Waals surface area contributed by atoms with Crippen LogP contribution in [0.4, 0.5) is 0 Å². The summed E-state index contributed by atoms with van der Waals surface area (Å²) in [7, 11) is 0. The molecule has 1 unspecified atom stereocenters. The molecule has 0 aliphatic heterocycles. The van der Waals surface area contributed by atoms with Crippen LogP contribution in [0.2, 0.25) is 5.02 Å². The van der Waals surface area contributed by atoms with Crippen LogP contribution in [0, 0.1) is 0 Å². The fourth-order valence-electron chi connectivity index (χ4n) is 2.39. The minimum absolute atomic E-state index is 0.0783. The van der Waals surface area contributed by atoms with Crippen molar-refractivity contribution in [1.29, 1.82) is 0 Å². The molecule has 3 rings (SSSR count). The van der Waals surface area contributed by atoms with Crippen molar-refractivity contribution in [3.63, 3.8) is 0 Å². The molecular formula is C15H17Cl2N3O. The zero-order chi connectivity index (χ0) is 15.0. The standard InChI is InChI=1S/C15H17Cl2N3O/c1-9(16)15-19-12-5-2-10(17)8-13(12)20(15)7-6-14(21)18-11-3-4-11/h2,5,8-9,11H,3-4,6-7H2,1H3,(H,18,21). The van der Waals surface area contributed by atoms with Crippen LogP contribution in [0.15, 0.2) is 18.2 Å². The van der Waals surface area contributed by atoms with Gasteiger partial charge in [0.05, 0.1) is 16.4 Å². The van der Waals surface area contributed by atoms with Crippen molar-refractivity contribution in [2.45, 2.75) is 44.1 Å². The fourth-order valence-corrected chi connectivity index (χ4v) is 2.73. The Balaban J connectivity index is 1.85. The van der Waals surface area contributed by atoms with Crippen molar-refractivity contribution in [3.8, 4) is 0 Å². The van der Waals surface area contributed by atoms with Gasteiger partial charge >= 0.3 is 0 Å². The van der Waals surface area contributed by atoms with Crippen LogP contribution < -0.4 is 5.32 Å². The summed E-state index contributed by atoms with van der Waals surface area (Å²) in [4.78, 5) is 16.4. The monoisotopic (exact) mass is 325 g/mol. The minimum atomic E-state index is -0.220. The third kappa shape index (κ3) is 3.33. The van der Waals surface area contributed by atoms with Crippen LogP contribution in [-0.2, 0) is 11.3 Å². The summed E-state index contributed by atoms with van der Waals surface area (Å²) in [6.07, 6.45) is 2.61. The molecule has 6 heteroatoms. The molecule has 1 amide bonds. The number of benzene rings is 1. The molecule has 0 spiro atoms. The number of carbonyl (C=O) groups excluding carboxylic acids is 1. The van der Waals surface area contributed by atoms with Gasteiger partial charge in [-0.1, -0.05) is 11.6 Å². The first kappa shape index (κ1) is 14.7. The molecule has 1 fully saturated rings. The van der Waals surface area contributed by atoms with Gasteiger partial charge in [0, 0.05) is 24.0 Å². The molecule has 1 atom stereocenters. The van der Waals surface area contributed by atoms with Crippen LogP contribution in [0.5, 0.6) is 0 Å². The summed E-state index contributed by atoms with van der Waals surface area (Å²) in [5.74, 6) is 0.850. The molecule has 1 aliphatic rings. The summed E-state index contributed by atoms with van der Waals surface area (Å²) in [6.45, 7) is 2.44. The van der Waals surface area contributed by atoms with E-state index in [9.17, 15) is 4.79 Å². The number of alkyl halides is 1. The molecule has 1 saturated carbocycles. The van der Waals surface area contributed by atoms with Gasteiger partial charge in [0.15, 0.2) is 0 Å². The Bertz CT molecular complexity index is 677. The number of hydrogen-bond donors (Lipinski definition) is 1. The van der Waals surface area contributed by atoms with E-state index in [4.69, 9.17) is 23.2 Å². The van der Waals surface area contributed by atoms with Crippen LogP contribution in [0.3, 0.4) is 0 Å². The molecule has 21 heavy (non-hydrogen) atoms. The van der Waals surface area contributed by atoms with E-state index < -0.39 is 0 Å². The molecular weight excluding hydrogens is 309 g/mol. The molecule has 0 radical (unpaired) electrons. The average Bonchev–Trinajstić information content (AvgIpc) is 3.16. The normalized spacial score (nSPS) is 16.1. The fraction of sp³-hybridized carbons (Fsp3) is 0.467. The molecule has 0 bridgehead atoms. The predicted octanol–water partition coefficient (Wildman–Crippen LogP) is 3.66. The van der Waals surface area contributed by atoms with E-state index in [1.807, 2.05) is 29.7 Å². The van der Waals surface area contributed by atoms with Crippen LogP contribution in [0.1, 0.15) is 37.4 Å². The Labute approximate surface area is 133 Å². The summed E-state index contributed by atoms with van der Waals surface area (Å²) in [6, 6.07) is 5.94. The molecule has 1 aliphatic carbocycles. The second-order valence-electron chi connectivity index (χ2n) is 5.46. The highest BCUT2D eigenvalue weighted by molar-refractivity contribution is 6.31. The van der Waals surface area contributed by atoms with Crippen molar-refractivity contribution in [2.75, 3.05) is 0 Å². The Morgan fingerprint density at radius 1 is 1.52 bits per heavy atom. The molecule has 0 saturated heterocycles.